The largest absolute Gasteiger partial charge is 0.445 e. The van der Waals surface area contributed by atoms with Gasteiger partial charge < -0.3 is 10.1 Å². The number of aryl methyl sites for hydroxylation is 2. The Morgan fingerprint density at radius 2 is 1.88 bits per heavy atom. The van der Waals surface area contributed by atoms with Crippen LogP contribution in [0.5, 0.6) is 0 Å². The molecule has 4 rings (SSSR count). The number of anilines is 1. The van der Waals surface area contributed by atoms with Crippen molar-refractivity contribution in [2.45, 2.75) is 45.8 Å². The maximum Gasteiger partial charge on any atom is 0.410 e. The van der Waals surface area contributed by atoms with Crippen molar-refractivity contribution in [2.75, 3.05) is 11.9 Å². The number of likely N-dealkylation sites (tertiary alicyclic amines) is 1. The van der Waals surface area contributed by atoms with Crippen LogP contribution in [-0.2, 0) is 16.1 Å². The van der Waals surface area contributed by atoms with Crippen molar-refractivity contribution in [3.8, 4) is 0 Å². The number of nitrogens with zero attached hydrogens (tertiary/aromatic N) is 2. The SMILES string of the molecule is Cc1cc(C2CC(C(=O)Nc3nccs3)N(C(=O)OCc3ccccc3)C2)cc(C)c1C. The van der Waals surface area contributed by atoms with Crippen molar-refractivity contribution in [3.63, 3.8) is 0 Å². The summed E-state index contributed by atoms with van der Waals surface area (Å²) in [6.07, 6.45) is 1.71. The van der Waals surface area contributed by atoms with Crippen LogP contribution in [0.15, 0.2) is 54.0 Å². The first kappa shape index (κ1) is 22.0. The number of rotatable bonds is 5. The molecule has 0 spiro atoms. The van der Waals surface area contributed by atoms with E-state index in [9.17, 15) is 9.59 Å². The third kappa shape index (κ3) is 4.83. The highest BCUT2D eigenvalue weighted by Crippen LogP contribution is 2.34. The monoisotopic (exact) mass is 449 g/mol. The van der Waals surface area contributed by atoms with Crippen molar-refractivity contribution in [2.24, 2.45) is 0 Å². The van der Waals surface area contributed by atoms with Crippen LogP contribution in [0.2, 0.25) is 0 Å². The van der Waals surface area contributed by atoms with Crippen molar-refractivity contribution >= 4 is 28.5 Å². The molecule has 1 N–H and O–H groups in total. The van der Waals surface area contributed by atoms with E-state index in [-0.39, 0.29) is 18.4 Å². The van der Waals surface area contributed by atoms with Gasteiger partial charge in [-0.05, 0) is 55.0 Å². The van der Waals surface area contributed by atoms with Crippen LogP contribution in [-0.4, -0.2) is 34.5 Å². The van der Waals surface area contributed by atoms with Crippen LogP contribution < -0.4 is 5.32 Å². The molecule has 2 atom stereocenters. The number of benzene rings is 2. The van der Waals surface area contributed by atoms with Gasteiger partial charge >= 0.3 is 6.09 Å². The van der Waals surface area contributed by atoms with Gasteiger partial charge in [0, 0.05) is 24.0 Å². The fourth-order valence-corrected chi connectivity index (χ4v) is 4.64. The Hall–Kier alpha value is -3.19. The number of carbonyl (C=O) groups excluding carboxylic acids is 2. The molecule has 32 heavy (non-hydrogen) atoms. The maximum atomic E-state index is 13.1. The van der Waals surface area contributed by atoms with Gasteiger partial charge in [-0.1, -0.05) is 42.5 Å². The number of hydrogen-bond donors (Lipinski definition) is 1. The van der Waals surface area contributed by atoms with E-state index in [2.05, 4.69) is 43.2 Å². The van der Waals surface area contributed by atoms with E-state index in [1.165, 1.54) is 28.0 Å². The number of aromatic nitrogens is 1. The van der Waals surface area contributed by atoms with Crippen molar-refractivity contribution in [1.82, 2.24) is 9.88 Å². The number of ether oxygens (including phenoxy) is 1. The molecule has 7 heteroatoms. The smallest absolute Gasteiger partial charge is 0.410 e. The first-order valence-electron chi connectivity index (χ1n) is 10.7. The molecule has 2 heterocycles. The highest BCUT2D eigenvalue weighted by atomic mass is 32.1. The number of nitrogens with one attached hydrogen (secondary N) is 1. The molecule has 1 aromatic heterocycles. The second-order valence-electron chi connectivity index (χ2n) is 8.25. The van der Waals surface area contributed by atoms with E-state index < -0.39 is 12.1 Å². The summed E-state index contributed by atoms with van der Waals surface area (Å²) in [5, 5.41) is 5.17. The van der Waals surface area contributed by atoms with Gasteiger partial charge in [0.05, 0.1) is 0 Å². The molecular formula is C25H27N3O3S. The molecule has 2 aromatic carbocycles. The van der Waals surface area contributed by atoms with E-state index in [1.807, 2.05) is 30.3 Å². The zero-order chi connectivity index (χ0) is 22.7. The van der Waals surface area contributed by atoms with Crippen LogP contribution in [0.4, 0.5) is 9.93 Å². The molecule has 1 saturated heterocycles. The van der Waals surface area contributed by atoms with Gasteiger partial charge in [-0.15, -0.1) is 11.3 Å². The molecule has 166 valence electrons. The molecule has 2 amide bonds. The van der Waals surface area contributed by atoms with Crippen molar-refractivity contribution in [1.29, 1.82) is 0 Å². The van der Waals surface area contributed by atoms with Crippen molar-refractivity contribution in [3.05, 3.63) is 81.9 Å². The Labute approximate surface area is 192 Å². The Bertz CT molecular complexity index is 1080. The van der Waals surface area contributed by atoms with E-state index in [0.29, 0.717) is 18.1 Å². The standard InChI is InChI=1S/C25H27N3O3S/c1-16-11-20(12-17(2)18(16)3)21-13-22(23(29)27-24-26-9-10-32-24)28(14-21)25(30)31-15-19-7-5-4-6-8-19/h4-12,21-22H,13-15H2,1-3H3,(H,26,27,29). The lowest BCUT2D eigenvalue weighted by Gasteiger charge is -2.23. The third-order valence-corrected chi connectivity index (χ3v) is 6.82. The molecule has 0 radical (unpaired) electrons. The van der Waals surface area contributed by atoms with Crippen LogP contribution in [0.3, 0.4) is 0 Å². The first-order chi connectivity index (χ1) is 15.4. The predicted octanol–water partition coefficient (Wildman–Crippen LogP) is 5.20. The Morgan fingerprint density at radius 1 is 1.16 bits per heavy atom. The second kappa shape index (κ2) is 9.53. The minimum Gasteiger partial charge on any atom is -0.445 e. The highest BCUT2D eigenvalue weighted by Gasteiger charge is 2.41. The van der Waals surface area contributed by atoms with E-state index in [0.717, 1.165) is 11.1 Å². The zero-order valence-electron chi connectivity index (χ0n) is 18.5. The number of carbonyl (C=O) groups is 2. The van der Waals surface area contributed by atoms with Crippen LogP contribution >= 0.6 is 11.3 Å². The molecule has 0 bridgehead atoms. The van der Waals surface area contributed by atoms with E-state index in [4.69, 9.17) is 4.74 Å². The van der Waals surface area contributed by atoms with Gasteiger partial charge in [0.25, 0.3) is 0 Å². The summed E-state index contributed by atoms with van der Waals surface area (Å²) in [7, 11) is 0. The number of hydrogen-bond acceptors (Lipinski definition) is 5. The molecule has 1 fully saturated rings. The fraction of sp³-hybridized carbons (Fsp3) is 0.320. The molecule has 0 saturated carbocycles. The molecule has 0 aliphatic carbocycles. The normalized spacial score (nSPS) is 17.9. The quantitative estimate of drug-likeness (QED) is 0.581. The number of amides is 2. The number of thiazole rings is 1. The lowest BCUT2D eigenvalue weighted by atomic mass is 9.91. The average Bonchev–Trinajstić information content (AvgIpc) is 3.46. The molecular weight excluding hydrogens is 422 g/mol. The average molecular weight is 450 g/mol. The summed E-state index contributed by atoms with van der Waals surface area (Å²) in [4.78, 5) is 31.8. The molecule has 6 nitrogen and oxygen atoms in total. The van der Waals surface area contributed by atoms with Gasteiger partial charge in [-0.3, -0.25) is 9.69 Å². The van der Waals surface area contributed by atoms with E-state index in [1.54, 1.807) is 16.5 Å². The Balaban J connectivity index is 1.54. The maximum absolute atomic E-state index is 13.1. The van der Waals surface area contributed by atoms with E-state index >= 15 is 0 Å². The summed E-state index contributed by atoms with van der Waals surface area (Å²) in [5.74, 6) is -0.177. The topological polar surface area (TPSA) is 71.5 Å². The second-order valence-corrected chi connectivity index (χ2v) is 9.14. The highest BCUT2D eigenvalue weighted by molar-refractivity contribution is 7.13. The van der Waals surface area contributed by atoms with Gasteiger partial charge in [-0.2, -0.15) is 0 Å². The summed E-state index contributed by atoms with van der Waals surface area (Å²) in [5.41, 5.74) is 5.76. The predicted molar refractivity (Wildman–Crippen MR) is 126 cm³/mol. The minimum absolute atomic E-state index is 0.0596. The molecule has 1 aliphatic rings. The lowest BCUT2D eigenvalue weighted by Crippen LogP contribution is -2.43. The van der Waals surface area contributed by atoms with Crippen LogP contribution in [0.1, 0.15) is 40.2 Å². The van der Waals surface area contributed by atoms with Gasteiger partial charge in [0.1, 0.15) is 12.6 Å². The van der Waals surface area contributed by atoms with Gasteiger partial charge in [-0.25, -0.2) is 9.78 Å². The Morgan fingerprint density at radius 3 is 2.53 bits per heavy atom. The molecule has 1 aliphatic heterocycles. The minimum atomic E-state index is -0.617. The fourth-order valence-electron chi connectivity index (χ4n) is 4.11. The molecule has 2 unspecified atom stereocenters. The Kier molecular flexibility index (Phi) is 6.55. The summed E-state index contributed by atoms with van der Waals surface area (Å²) < 4.78 is 5.57. The summed E-state index contributed by atoms with van der Waals surface area (Å²) in [6.45, 7) is 6.91. The first-order valence-corrected chi connectivity index (χ1v) is 11.6. The van der Waals surface area contributed by atoms with Gasteiger partial charge in [0.2, 0.25) is 5.91 Å². The van der Waals surface area contributed by atoms with Crippen molar-refractivity contribution < 1.29 is 14.3 Å². The lowest BCUT2D eigenvalue weighted by molar-refractivity contribution is -0.120. The zero-order valence-corrected chi connectivity index (χ0v) is 19.3. The summed E-state index contributed by atoms with van der Waals surface area (Å²) >= 11 is 1.35. The third-order valence-electron chi connectivity index (χ3n) is 6.13. The van der Waals surface area contributed by atoms with Crippen LogP contribution in [0, 0.1) is 20.8 Å². The van der Waals surface area contributed by atoms with Gasteiger partial charge in [0.15, 0.2) is 5.13 Å². The van der Waals surface area contributed by atoms with Crippen LogP contribution in [0.25, 0.3) is 0 Å². The molecule has 3 aromatic rings. The summed E-state index contributed by atoms with van der Waals surface area (Å²) in [6, 6.07) is 13.3.